The normalized spacial score (nSPS) is 11.3. The van der Waals surface area contributed by atoms with E-state index >= 15 is 0 Å². The number of hydrogen-bond acceptors (Lipinski definition) is 3. The van der Waals surface area contributed by atoms with E-state index in [0.717, 1.165) is 11.1 Å². The topological polar surface area (TPSA) is 72.2 Å². The Hall–Kier alpha value is -1.85. The van der Waals surface area contributed by atoms with Crippen molar-refractivity contribution in [1.82, 2.24) is 0 Å². The van der Waals surface area contributed by atoms with Crippen molar-refractivity contribution in [1.29, 1.82) is 0 Å². The number of hydrogen-bond donors (Lipinski definition) is 2. The van der Waals surface area contributed by atoms with Gasteiger partial charge in [-0.05, 0) is 42.7 Å². The lowest BCUT2D eigenvalue weighted by atomic mass is 10.1. The molecule has 4 nitrogen and oxygen atoms in total. The molecule has 0 amide bonds. The number of rotatable bonds is 4. The summed E-state index contributed by atoms with van der Waals surface area (Å²) in [7, 11) is -3.58. The number of aryl methyl sites for hydroxylation is 2. The molecule has 0 spiro atoms. The maximum Gasteiger partial charge on any atom is 0.262 e. The van der Waals surface area contributed by atoms with E-state index in [0.29, 0.717) is 17.8 Å². The molecular weight excluding hydrogens is 272 g/mol. The van der Waals surface area contributed by atoms with Crippen LogP contribution in [0.4, 0.5) is 5.69 Å². The average Bonchev–Trinajstić information content (AvgIpc) is 2.40. The van der Waals surface area contributed by atoms with Gasteiger partial charge in [0.25, 0.3) is 10.0 Å². The van der Waals surface area contributed by atoms with E-state index in [2.05, 4.69) is 4.72 Å². The first-order valence-corrected chi connectivity index (χ1v) is 7.80. The van der Waals surface area contributed by atoms with Crippen LogP contribution in [0.3, 0.4) is 0 Å². The molecule has 20 heavy (non-hydrogen) atoms. The number of anilines is 1. The Bertz CT molecular complexity index is 724. The van der Waals surface area contributed by atoms with Crippen molar-refractivity contribution < 1.29 is 8.42 Å². The van der Waals surface area contributed by atoms with Gasteiger partial charge in [-0.15, -0.1) is 0 Å². The smallest absolute Gasteiger partial charge is 0.262 e. The van der Waals surface area contributed by atoms with Crippen molar-refractivity contribution in [2.24, 2.45) is 5.73 Å². The van der Waals surface area contributed by atoms with Crippen LogP contribution >= 0.6 is 0 Å². The van der Waals surface area contributed by atoms with Crippen LogP contribution in [-0.4, -0.2) is 8.42 Å². The van der Waals surface area contributed by atoms with Crippen LogP contribution in [0.15, 0.2) is 47.4 Å². The molecule has 0 heterocycles. The van der Waals surface area contributed by atoms with Gasteiger partial charge in [-0.3, -0.25) is 4.72 Å². The van der Waals surface area contributed by atoms with Gasteiger partial charge in [-0.2, -0.15) is 0 Å². The van der Waals surface area contributed by atoms with Gasteiger partial charge in [0.2, 0.25) is 0 Å². The molecule has 0 aromatic heterocycles. The highest BCUT2D eigenvalue weighted by molar-refractivity contribution is 7.92. The van der Waals surface area contributed by atoms with E-state index in [1.54, 1.807) is 37.3 Å². The molecule has 3 N–H and O–H groups in total. The first-order chi connectivity index (χ1) is 9.44. The third-order valence-electron chi connectivity index (χ3n) is 3.15. The fourth-order valence-electron chi connectivity index (χ4n) is 2.03. The summed E-state index contributed by atoms with van der Waals surface area (Å²) in [6.45, 7) is 4.03. The minimum Gasteiger partial charge on any atom is -0.326 e. The largest absolute Gasteiger partial charge is 0.326 e. The highest BCUT2D eigenvalue weighted by Gasteiger charge is 2.17. The maximum absolute atomic E-state index is 12.4. The Labute approximate surface area is 119 Å². The number of sulfonamides is 1. The quantitative estimate of drug-likeness (QED) is 0.909. The first kappa shape index (κ1) is 14.6. The lowest BCUT2D eigenvalue weighted by Gasteiger charge is -2.12. The Balaban J connectivity index is 2.39. The molecule has 2 aromatic carbocycles. The number of nitrogens with one attached hydrogen (secondary N) is 1. The van der Waals surface area contributed by atoms with E-state index in [9.17, 15) is 8.42 Å². The van der Waals surface area contributed by atoms with Gasteiger partial charge in [-0.25, -0.2) is 8.42 Å². The lowest BCUT2D eigenvalue weighted by molar-refractivity contribution is 0.600. The number of para-hydroxylation sites is 1. The Morgan fingerprint density at radius 1 is 1.05 bits per heavy atom. The molecule has 0 aliphatic carbocycles. The van der Waals surface area contributed by atoms with Crippen molar-refractivity contribution in [2.75, 3.05) is 4.72 Å². The van der Waals surface area contributed by atoms with Crippen molar-refractivity contribution in [2.45, 2.75) is 25.3 Å². The minimum absolute atomic E-state index is 0.276. The molecule has 0 saturated carbocycles. The zero-order chi connectivity index (χ0) is 14.8. The minimum atomic E-state index is -3.58. The van der Waals surface area contributed by atoms with E-state index in [4.69, 9.17) is 5.73 Å². The second-order valence-electron chi connectivity index (χ2n) is 4.72. The van der Waals surface area contributed by atoms with Crippen molar-refractivity contribution in [3.63, 3.8) is 0 Å². The highest BCUT2D eigenvalue weighted by atomic mass is 32.2. The van der Waals surface area contributed by atoms with Crippen LogP contribution in [0, 0.1) is 13.8 Å². The summed E-state index contributed by atoms with van der Waals surface area (Å²) in [6.07, 6.45) is 0. The van der Waals surface area contributed by atoms with Gasteiger partial charge in [0.1, 0.15) is 0 Å². The number of nitrogens with two attached hydrogens (primary N) is 1. The zero-order valence-corrected chi connectivity index (χ0v) is 12.4. The molecule has 0 atom stereocenters. The van der Waals surface area contributed by atoms with Crippen LogP contribution in [-0.2, 0) is 16.6 Å². The summed E-state index contributed by atoms with van der Waals surface area (Å²) in [5.74, 6) is 0. The number of benzene rings is 2. The van der Waals surface area contributed by atoms with Crippen LogP contribution in [0.25, 0.3) is 0 Å². The van der Waals surface area contributed by atoms with Crippen LogP contribution < -0.4 is 10.5 Å². The van der Waals surface area contributed by atoms with E-state index < -0.39 is 10.0 Å². The first-order valence-electron chi connectivity index (χ1n) is 6.32. The second kappa shape index (κ2) is 5.64. The molecule has 106 valence electrons. The van der Waals surface area contributed by atoms with E-state index in [1.807, 2.05) is 19.1 Å². The summed E-state index contributed by atoms with van der Waals surface area (Å²) >= 11 is 0. The molecule has 0 bridgehead atoms. The standard InChI is InChI=1S/C15H18N2O2S/c1-11-5-3-4-6-14(11)17-20(18,19)15-8-7-13(10-16)9-12(15)2/h3-9,17H,10,16H2,1-2H3. The summed E-state index contributed by atoms with van der Waals surface area (Å²) < 4.78 is 27.5. The van der Waals surface area contributed by atoms with Crippen molar-refractivity contribution >= 4 is 15.7 Å². The SMILES string of the molecule is Cc1ccccc1NS(=O)(=O)c1ccc(CN)cc1C. The Kier molecular flexibility index (Phi) is 4.11. The second-order valence-corrected chi connectivity index (χ2v) is 6.38. The van der Waals surface area contributed by atoms with Gasteiger partial charge < -0.3 is 5.73 Å². The molecule has 0 fully saturated rings. The Morgan fingerprint density at radius 3 is 2.35 bits per heavy atom. The predicted molar refractivity (Wildman–Crippen MR) is 81.1 cm³/mol. The average molecular weight is 290 g/mol. The Morgan fingerprint density at radius 2 is 1.75 bits per heavy atom. The molecular formula is C15H18N2O2S. The molecule has 0 saturated heterocycles. The maximum atomic E-state index is 12.4. The van der Waals surface area contributed by atoms with E-state index in [1.165, 1.54) is 0 Å². The molecule has 0 radical (unpaired) electrons. The zero-order valence-electron chi connectivity index (χ0n) is 11.6. The molecule has 2 rings (SSSR count). The monoisotopic (exact) mass is 290 g/mol. The lowest BCUT2D eigenvalue weighted by Crippen LogP contribution is -2.15. The molecule has 5 heteroatoms. The van der Waals surface area contributed by atoms with Crippen LogP contribution in [0.2, 0.25) is 0 Å². The molecule has 2 aromatic rings. The van der Waals surface area contributed by atoms with Gasteiger partial charge >= 0.3 is 0 Å². The van der Waals surface area contributed by atoms with Gasteiger partial charge in [0.15, 0.2) is 0 Å². The molecule has 0 aliphatic rings. The third kappa shape index (κ3) is 3.00. The summed E-state index contributed by atoms with van der Waals surface area (Å²) in [4.78, 5) is 0.276. The fraction of sp³-hybridized carbons (Fsp3) is 0.200. The van der Waals surface area contributed by atoms with Gasteiger partial charge in [-0.1, -0.05) is 30.3 Å². The summed E-state index contributed by atoms with van der Waals surface area (Å²) in [5.41, 5.74) is 8.63. The fourth-order valence-corrected chi connectivity index (χ4v) is 3.39. The van der Waals surface area contributed by atoms with Gasteiger partial charge in [0, 0.05) is 6.54 Å². The van der Waals surface area contributed by atoms with Crippen LogP contribution in [0.5, 0.6) is 0 Å². The summed E-state index contributed by atoms with van der Waals surface area (Å²) in [5, 5.41) is 0. The predicted octanol–water partition coefficient (Wildman–Crippen LogP) is 2.56. The van der Waals surface area contributed by atoms with Gasteiger partial charge in [0.05, 0.1) is 10.6 Å². The molecule has 0 aliphatic heterocycles. The summed E-state index contributed by atoms with van der Waals surface area (Å²) in [6, 6.07) is 12.4. The van der Waals surface area contributed by atoms with E-state index in [-0.39, 0.29) is 4.90 Å². The molecule has 0 unspecified atom stereocenters. The highest BCUT2D eigenvalue weighted by Crippen LogP contribution is 2.22. The van der Waals surface area contributed by atoms with Crippen molar-refractivity contribution in [3.8, 4) is 0 Å². The van der Waals surface area contributed by atoms with Crippen LogP contribution in [0.1, 0.15) is 16.7 Å². The third-order valence-corrected chi connectivity index (χ3v) is 4.68. The van der Waals surface area contributed by atoms with Crippen molar-refractivity contribution in [3.05, 3.63) is 59.2 Å².